The third-order valence-corrected chi connectivity index (χ3v) is 6.76. The predicted molar refractivity (Wildman–Crippen MR) is 106 cm³/mol. The van der Waals surface area contributed by atoms with E-state index in [0.29, 0.717) is 25.9 Å². The minimum absolute atomic E-state index is 0.176. The van der Waals surface area contributed by atoms with Gasteiger partial charge in [-0.25, -0.2) is 8.42 Å². The van der Waals surface area contributed by atoms with Crippen molar-refractivity contribution in [2.24, 2.45) is 5.92 Å². The van der Waals surface area contributed by atoms with Gasteiger partial charge in [0.25, 0.3) is 0 Å². The molecule has 0 atom stereocenters. The second-order valence-corrected chi connectivity index (χ2v) is 8.71. The maximum atomic E-state index is 12.6. The lowest BCUT2D eigenvalue weighted by atomic mass is 9.98. The quantitative estimate of drug-likeness (QED) is 0.525. The van der Waals surface area contributed by atoms with Crippen molar-refractivity contribution in [3.63, 3.8) is 0 Å². The Morgan fingerprint density at radius 1 is 1.00 bits per heavy atom. The fourth-order valence-corrected chi connectivity index (χ4v) is 4.69. The smallest absolute Gasteiger partial charge is 0.309 e. The Morgan fingerprint density at radius 2 is 1.64 bits per heavy atom. The molecule has 0 saturated carbocycles. The minimum Gasteiger partial charge on any atom is -0.490 e. The molecule has 1 aliphatic heterocycles. The number of nitrogens with zero attached hydrogens (tertiary/aromatic N) is 1. The number of para-hydroxylation sites is 1. The van der Waals surface area contributed by atoms with Crippen molar-refractivity contribution >= 4 is 16.0 Å². The van der Waals surface area contributed by atoms with Crippen molar-refractivity contribution in [3.8, 4) is 5.75 Å². The highest BCUT2D eigenvalue weighted by molar-refractivity contribution is 7.89. The molecule has 0 aromatic heterocycles. The third kappa shape index (κ3) is 4.91. The van der Waals surface area contributed by atoms with Crippen LogP contribution in [0.3, 0.4) is 0 Å². The van der Waals surface area contributed by atoms with Crippen LogP contribution in [-0.2, 0) is 19.6 Å². The first kappa shape index (κ1) is 20.4. The molecule has 28 heavy (non-hydrogen) atoms. The van der Waals surface area contributed by atoms with Crippen molar-refractivity contribution in [2.45, 2.75) is 24.7 Å². The van der Waals surface area contributed by atoms with E-state index in [4.69, 9.17) is 9.47 Å². The first-order chi connectivity index (χ1) is 13.5. The standard InChI is InChI=1S/C21H25NO5S/c1-17-7-5-6-10-20(17)26-15-16-27-21(23)18-11-13-22(14-12-18)28(24,25)19-8-3-2-4-9-19/h2-10,18H,11-16H2,1H3. The molecule has 0 unspecified atom stereocenters. The van der Waals surface area contributed by atoms with Crippen molar-refractivity contribution in [2.75, 3.05) is 26.3 Å². The first-order valence-corrected chi connectivity index (χ1v) is 10.8. The number of ether oxygens (including phenoxy) is 2. The van der Waals surface area contributed by atoms with Crippen LogP contribution in [0.2, 0.25) is 0 Å². The molecule has 0 aliphatic carbocycles. The number of carbonyl (C=O) groups excluding carboxylic acids is 1. The van der Waals surface area contributed by atoms with Gasteiger partial charge in [0.05, 0.1) is 10.8 Å². The molecular weight excluding hydrogens is 378 g/mol. The third-order valence-electron chi connectivity index (χ3n) is 4.85. The van der Waals surface area contributed by atoms with Crippen molar-refractivity contribution in [1.82, 2.24) is 4.31 Å². The van der Waals surface area contributed by atoms with Crippen LogP contribution in [0.25, 0.3) is 0 Å². The van der Waals surface area contributed by atoms with Crippen molar-refractivity contribution in [1.29, 1.82) is 0 Å². The number of hydrogen-bond donors (Lipinski definition) is 0. The van der Waals surface area contributed by atoms with E-state index in [1.807, 2.05) is 31.2 Å². The normalized spacial score (nSPS) is 15.9. The summed E-state index contributed by atoms with van der Waals surface area (Å²) in [6.45, 7) is 3.06. The zero-order chi connectivity index (χ0) is 20.0. The van der Waals surface area contributed by atoms with E-state index in [0.717, 1.165) is 11.3 Å². The number of aryl methyl sites for hydroxylation is 1. The van der Waals surface area contributed by atoms with E-state index in [-0.39, 0.29) is 30.0 Å². The Kier molecular flexibility index (Phi) is 6.70. The Bertz CT molecular complexity index is 890. The molecule has 1 fully saturated rings. The molecule has 0 radical (unpaired) electrons. The molecule has 2 aromatic rings. The van der Waals surface area contributed by atoms with Crippen LogP contribution in [0.15, 0.2) is 59.5 Å². The summed E-state index contributed by atoms with van der Waals surface area (Å²) in [5, 5.41) is 0. The predicted octanol–water partition coefficient (Wildman–Crippen LogP) is 3.02. The fourth-order valence-electron chi connectivity index (χ4n) is 3.20. The highest BCUT2D eigenvalue weighted by Crippen LogP contribution is 2.24. The van der Waals surface area contributed by atoms with Crippen LogP contribution in [0.4, 0.5) is 0 Å². The molecule has 6 nitrogen and oxygen atoms in total. The Balaban J connectivity index is 1.43. The van der Waals surface area contributed by atoms with E-state index in [1.54, 1.807) is 30.3 Å². The number of sulfonamides is 1. The van der Waals surface area contributed by atoms with Crippen molar-refractivity contribution in [3.05, 3.63) is 60.2 Å². The van der Waals surface area contributed by atoms with Crippen LogP contribution in [-0.4, -0.2) is 45.0 Å². The number of rotatable bonds is 7. The van der Waals surface area contributed by atoms with Crippen molar-refractivity contribution < 1.29 is 22.7 Å². The molecule has 0 N–H and O–H groups in total. The molecule has 0 spiro atoms. The molecule has 1 aliphatic rings. The highest BCUT2D eigenvalue weighted by Gasteiger charge is 2.32. The molecule has 1 saturated heterocycles. The summed E-state index contributed by atoms with van der Waals surface area (Å²) < 4.78 is 37.6. The molecular formula is C21H25NO5S. The summed E-state index contributed by atoms with van der Waals surface area (Å²) >= 11 is 0. The van der Waals surface area contributed by atoms with Gasteiger partial charge in [-0.3, -0.25) is 4.79 Å². The van der Waals surface area contributed by atoms with Gasteiger partial charge in [0, 0.05) is 13.1 Å². The number of hydrogen-bond acceptors (Lipinski definition) is 5. The topological polar surface area (TPSA) is 72.9 Å². The van der Waals surface area contributed by atoms with Crippen LogP contribution < -0.4 is 4.74 Å². The van der Waals surface area contributed by atoms with E-state index in [2.05, 4.69) is 0 Å². The molecule has 3 rings (SSSR count). The average Bonchev–Trinajstić information content (AvgIpc) is 2.73. The van der Waals surface area contributed by atoms with Gasteiger partial charge in [0.2, 0.25) is 10.0 Å². The molecule has 0 amide bonds. The Labute approximate surface area is 166 Å². The van der Waals surface area contributed by atoms with Gasteiger partial charge in [0.15, 0.2) is 0 Å². The summed E-state index contributed by atoms with van der Waals surface area (Å²) in [7, 11) is -3.51. The lowest BCUT2D eigenvalue weighted by Gasteiger charge is -2.30. The molecule has 7 heteroatoms. The number of carbonyl (C=O) groups is 1. The number of piperidine rings is 1. The zero-order valence-electron chi connectivity index (χ0n) is 15.9. The number of benzene rings is 2. The average molecular weight is 404 g/mol. The Morgan fingerprint density at radius 3 is 2.32 bits per heavy atom. The van der Waals surface area contributed by atoms with Crippen LogP contribution in [0.1, 0.15) is 18.4 Å². The second kappa shape index (κ2) is 9.21. The van der Waals surface area contributed by atoms with Gasteiger partial charge < -0.3 is 9.47 Å². The summed E-state index contributed by atoms with van der Waals surface area (Å²) in [5.41, 5.74) is 1.03. The molecule has 1 heterocycles. The van der Waals surface area contributed by atoms with Crippen LogP contribution >= 0.6 is 0 Å². The van der Waals surface area contributed by atoms with Gasteiger partial charge >= 0.3 is 5.97 Å². The molecule has 150 valence electrons. The first-order valence-electron chi connectivity index (χ1n) is 9.39. The summed E-state index contributed by atoms with van der Waals surface area (Å²) in [6, 6.07) is 16.0. The second-order valence-electron chi connectivity index (χ2n) is 6.77. The maximum Gasteiger partial charge on any atom is 0.309 e. The van der Waals surface area contributed by atoms with Crippen LogP contribution in [0.5, 0.6) is 5.75 Å². The van der Waals surface area contributed by atoms with Gasteiger partial charge in [-0.15, -0.1) is 0 Å². The largest absolute Gasteiger partial charge is 0.490 e. The highest BCUT2D eigenvalue weighted by atomic mass is 32.2. The number of esters is 1. The van der Waals surface area contributed by atoms with Gasteiger partial charge in [-0.2, -0.15) is 4.31 Å². The van der Waals surface area contributed by atoms with E-state index in [9.17, 15) is 13.2 Å². The summed E-state index contributed by atoms with van der Waals surface area (Å²) in [4.78, 5) is 12.5. The Hall–Kier alpha value is -2.38. The SMILES string of the molecule is Cc1ccccc1OCCOC(=O)C1CCN(S(=O)(=O)c2ccccc2)CC1. The van der Waals surface area contributed by atoms with Gasteiger partial charge in [0.1, 0.15) is 19.0 Å². The zero-order valence-corrected chi connectivity index (χ0v) is 16.7. The summed E-state index contributed by atoms with van der Waals surface area (Å²) in [6.07, 6.45) is 0.924. The lowest BCUT2D eigenvalue weighted by molar-refractivity contribution is -0.150. The monoisotopic (exact) mass is 403 g/mol. The van der Waals surface area contributed by atoms with Gasteiger partial charge in [-0.05, 0) is 43.5 Å². The van der Waals surface area contributed by atoms with Crippen LogP contribution in [0, 0.1) is 12.8 Å². The van der Waals surface area contributed by atoms with E-state index < -0.39 is 10.0 Å². The molecule has 0 bridgehead atoms. The minimum atomic E-state index is -3.51. The fraction of sp³-hybridized carbons (Fsp3) is 0.381. The van der Waals surface area contributed by atoms with Gasteiger partial charge in [-0.1, -0.05) is 36.4 Å². The lowest BCUT2D eigenvalue weighted by Crippen LogP contribution is -2.40. The van der Waals surface area contributed by atoms with E-state index >= 15 is 0 Å². The maximum absolute atomic E-state index is 12.6. The van der Waals surface area contributed by atoms with E-state index in [1.165, 1.54) is 4.31 Å². The molecule has 2 aromatic carbocycles. The summed E-state index contributed by atoms with van der Waals surface area (Å²) in [5.74, 6) is 0.212.